The summed E-state index contributed by atoms with van der Waals surface area (Å²) in [6, 6.07) is 2.15. The smallest absolute Gasteiger partial charge is 0.333 e. The molecule has 216 valence electrons. The molecule has 1 rings (SSSR count). The summed E-state index contributed by atoms with van der Waals surface area (Å²) in [5.41, 5.74) is 0.340. The Balaban J connectivity index is 2.42. The van der Waals surface area contributed by atoms with Crippen LogP contribution in [0, 0.1) is 0 Å². The van der Waals surface area contributed by atoms with Gasteiger partial charge in [-0.25, -0.2) is 4.79 Å². The maximum Gasteiger partial charge on any atom is 0.333 e. The first-order chi connectivity index (χ1) is 17.2. The van der Waals surface area contributed by atoms with Crippen LogP contribution in [0.3, 0.4) is 0 Å². The molecule has 1 heterocycles. The van der Waals surface area contributed by atoms with Gasteiger partial charge in [-0.2, -0.15) is 0 Å². The topological polar surface area (TPSA) is 83.5 Å². The van der Waals surface area contributed by atoms with Crippen molar-refractivity contribution in [3.05, 3.63) is 12.2 Å². The molecule has 0 N–H and O–H groups in total. The van der Waals surface area contributed by atoms with Crippen LogP contribution in [0.1, 0.15) is 46.0 Å². The summed E-state index contributed by atoms with van der Waals surface area (Å²) >= 11 is 0. The first-order valence-electron chi connectivity index (χ1n) is 13.9. The van der Waals surface area contributed by atoms with Crippen molar-refractivity contribution in [3.8, 4) is 0 Å². The van der Waals surface area contributed by atoms with Crippen LogP contribution in [0.25, 0.3) is 0 Å². The van der Waals surface area contributed by atoms with Crippen molar-refractivity contribution in [3.63, 3.8) is 0 Å². The molecule has 1 unspecified atom stereocenters. The Labute approximate surface area is 228 Å². The van der Waals surface area contributed by atoms with Crippen molar-refractivity contribution in [2.45, 2.75) is 103 Å². The van der Waals surface area contributed by atoms with E-state index in [9.17, 15) is 9.59 Å². The fourth-order valence-corrected chi connectivity index (χ4v) is 18.8. The van der Waals surface area contributed by atoms with Gasteiger partial charge in [-0.15, -0.1) is 0 Å². The SMILES string of the molecule is C=C(C)C(=O)OC(COCCC[Si](C)(C)O[Si](C)(C)O[Si](C)(C)CCCC)COCCN1CCCC1=O. The molecule has 1 aliphatic heterocycles. The number of amides is 1. The molecule has 1 fully saturated rings. The van der Waals surface area contributed by atoms with Crippen LogP contribution in [-0.4, -0.2) is 87.6 Å². The minimum Gasteiger partial charge on any atom is -0.454 e. The van der Waals surface area contributed by atoms with Crippen molar-refractivity contribution in [2.24, 2.45) is 0 Å². The van der Waals surface area contributed by atoms with Gasteiger partial charge in [-0.05, 0) is 71.1 Å². The molecule has 0 saturated carbocycles. The molecule has 8 nitrogen and oxygen atoms in total. The van der Waals surface area contributed by atoms with E-state index in [1.54, 1.807) is 6.92 Å². The van der Waals surface area contributed by atoms with Crippen LogP contribution in [0.15, 0.2) is 12.2 Å². The molecule has 0 spiro atoms. The van der Waals surface area contributed by atoms with E-state index >= 15 is 0 Å². The van der Waals surface area contributed by atoms with Gasteiger partial charge in [0.1, 0.15) is 6.10 Å². The van der Waals surface area contributed by atoms with E-state index < -0.39 is 37.3 Å². The fraction of sp³-hybridized carbons (Fsp3) is 0.846. The second-order valence-corrected chi connectivity index (χ2v) is 24.2. The Morgan fingerprint density at radius 2 is 1.54 bits per heavy atom. The van der Waals surface area contributed by atoms with Crippen molar-refractivity contribution >= 4 is 37.1 Å². The zero-order valence-electron chi connectivity index (χ0n) is 24.8. The summed E-state index contributed by atoms with van der Waals surface area (Å²) in [7, 11) is -5.81. The molecule has 1 aliphatic rings. The standard InChI is InChI=1S/C26H53NO7Si3/c1-10-11-19-35(4,5)33-37(8,9)34-36(6,7)20-13-17-30-21-24(32-26(29)23(2)3)22-31-18-16-27-15-12-14-25(27)28/h24H,2,10-22H2,1,3-9H3. The van der Waals surface area contributed by atoms with E-state index in [1.165, 1.54) is 18.9 Å². The second-order valence-electron chi connectivity index (χ2n) is 11.8. The highest BCUT2D eigenvalue weighted by Gasteiger charge is 2.39. The number of unbranched alkanes of at least 4 members (excludes halogenated alkanes) is 1. The Morgan fingerprint density at radius 3 is 2.05 bits per heavy atom. The largest absolute Gasteiger partial charge is 0.454 e. The van der Waals surface area contributed by atoms with Gasteiger partial charge in [0.25, 0.3) is 0 Å². The Hall–Kier alpha value is -0.829. The molecular weight excluding hydrogens is 523 g/mol. The van der Waals surface area contributed by atoms with Crippen LogP contribution < -0.4 is 0 Å². The van der Waals surface area contributed by atoms with E-state index in [2.05, 4.69) is 52.8 Å². The van der Waals surface area contributed by atoms with E-state index in [0.29, 0.717) is 31.8 Å². The number of rotatable bonds is 20. The number of carbonyl (C=O) groups is 2. The van der Waals surface area contributed by atoms with E-state index in [4.69, 9.17) is 22.4 Å². The first kappa shape index (κ1) is 34.2. The molecule has 1 amide bonds. The average molecular weight is 576 g/mol. The lowest BCUT2D eigenvalue weighted by Gasteiger charge is -2.38. The van der Waals surface area contributed by atoms with Crippen LogP contribution in [0.4, 0.5) is 0 Å². The lowest BCUT2D eigenvalue weighted by molar-refractivity contribution is -0.151. The maximum absolute atomic E-state index is 12.0. The molecule has 0 aliphatic carbocycles. The zero-order valence-corrected chi connectivity index (χ0v) is 27.8. The highest BCUT2D eigenvalue weighted by molar-refractivity contribution is 6.87. The lowest BCUT2D eigenvalue weighted by Crippen LogP contribution is -2.52. The zero-order chi connectivity index (χ0) is 28.1. The summed E-state index contributed by atoms with van der Waals surface area (Å²) in [5, 5.41) is 0. The predicted octanol–water partition coefficient (Wildman–Crippen LogP) is 5.47. The number of ether oxygens (including phenoxy) is 3. The van der Waals surface area contributed by atoms with Crippen molar-refractivity contribution in [1.29, 1.82) is 0 Å². The highest BCUT2D eigenvalue weighted by Crippen LogP contribution is 2.26. The van der Waals surface area contributed by atoms with E-state index in [1.807, 2.05) is 4.90 Å². The summed E-state index contributed by atoms with van der Waals surface area (Å²) < 4.78 is 30.4. The van der Waals surface area contributed by atoms with Gasteiger partial charge in [-0.1, -0.05) is 26.3 Å². The van der Waals surface area contributed by atoms with Gasteiger partial charge >= 0.3 is 14.5 Å². The van der Waals surface area contributed by atoms with Crippen LogP contribution in [0.2, 0.25) is 51.4 Å². The van der Waals surface area contributed by atoms with E-state index in [0.717, 1.165) is 25.4 Å². The van der Waals surface area contributed by atoms with Crippen LogP contribution in [-0.2, 0) is 32.0 Å². The maximum atomic E-state index is 12.0. The first-order valence-corrected chi connectivity index (χ1v) is 22.9. The Kier molecular flexibility index (Phi) is 15.1. The molecule has 1 atom stereocenters. The summed E-state index contributed by atoms with van der Waals surface area (Å²) in [5.74, 6) is -0.279. The molecular formula is C26H53NO7Si3. The third-order valence-electron chi connectivity index (χ3n) is 6.15. The molecule has 11 heteroatoms. The van der Waals surface area contributed by atoms with Gasteiger partial charge in [0, 0.05) is 31.7 Å². The quantitative estimate of drug-likeness (QED) is 0.0824. The molecule has 1 saturated heterocycles. The van der Waals surface area contributed by atoms with Gasteiger partial charge in [0.2, 0.25) is 5.91 Å². The molecule has 37 heavy (non-hydrogen) atoms. The van der Waals surface area contributed by atoms with Crippen LogP contribution >= 0.6 is 0 Å². The van der Waals surface area contributed by atoms with Crippen molar-refractivity contribution in [2.75, 3.05) is 39.5 Å². The third kappa shape index (κ3) is 15.4. The number of esters is 1. The number of hydrogen-bond acceptors (Lipinski definition) is 7. The minimum atomic E-state index is -2.20. The third-order valence-corrected chi connectivity index (χ3v) is 17.6. The van der Waals surface area contributed by atoms with Crippen LogP contribution in [0.5, 0.6) is 0 Å². The van der Waals surface area contributed by atoms with E-state index in [-0.39, 0.29) is 19.1 Å². The molecule has 0 aromatic rings. The second kappa shape index (κ2) is 16.3. The Bertz CT molecular complexity index is 731. The number of nitrogens with zero attached hydrogens (tertiary/aromatic N) is 1. The molecule has 0 aromatic carbocycles. The fourth-order valence-electron chi connectivity index (χ4n) is 4.57. The average Bonchev–Trinajstić information content (AvgIpc) is 3.17. The molecule has 0 bridgehead atoms. The normalized spacial score (nSPS) is 15.8. The lowest BCUT2D eigenvalue weighted by atomic mass is 10.3. The highest BCUT2D eigenvalue weighted by atomic mass is 28.5. The minimum absolute atomic E-state index is 0.174. The Morgan fingerprint density at radius 1 is 0.973 bits per heavy atom. The monoisotopic (exact) mass is 575 g/mol. The van der Waals surface area contributed by atoms with Gasteiger partial charge in [0.05, 0.1) is 19.8 Å². The van der Waals surface area contributed by atoms with Gasteiger partial charge < -0.3 is 27.3 Å². The van der Waals surface area contributed by atoms with Crippen molar-refractivity contribution < 1.29 is 32.0 Å². The number of carbonyl (C=O) groups excluding carboxylic acids is 2. The molecule has 0 radical (unpaired) electrons. The predicted molar refractivity (Wildman–Crippen MR) is 156 cm³/mol. The number of likely N-dealkylation sites (tertiary alicyclic amines) is 1. The van der Waals surface area contributed by atoms with Gasteiger partial charge in [0.15, 0.2) is 16.6 Å². The summed E-state index contributed by atoms with van der Waals surface area (Å²) in [4.78, 5) is 25.6. The summed E-state index contributed by atoms with van der Waals surface area (Å²) in [6.45, 7) is 23.7. The van der Waals surface area contributed by atoms with Gasteiger partial charge in [-0.3, -0.25) is 4.79 Å². The molecule has 0 aromatic heterocycles. The van der Waals surface area contributed by atoms with Crippen molar-refractivity contribution in [1.82, 2.24) is 4.90 Å². The summed E-state index contributed by atoms with van der Waals surface area (Å²) in [6.07, 6.45) is 4.29. The number of hydrogen-bond donors (Lipinski definition) is 0.